The van der Waals surface area contributed by atoms with Crippen LogP contribution >= 0.6 is 0 Å². The van der Waals surface area contributed by atoms with Crippen molar-refractivity contribution in [3.05, 3.63) is 101 Å². The first-order valence-corrected chi connectivity index (χ1v) is 13.2. The highest BCUT2D eigenvalue weighted by Crippen LogP contribution is 2.25. The van der Waals surface area contributed by atoms with Gasteiger partial charge >= 0.3 is 6.09 Å². The van der Waals surface area contributed by atoms with Gasteiger partial charge in [-0.05, 0) is 62.4 Å². The zero-order chi connectivity index (χ0) is 29.1. The van der Waals surface area contributed by atoms with Gasteiger partial charge in [0.15, 0.2) is 0 Å². The van der Waals surface area contributed by atoms with Crippen molar-refractivity contribution in [2.75, 3.05) is 12.3 Å². The van der Waals surface area contributed by atoms with E-state index in [0.29, 0.717) is 12.0 Å². The van der Waals surface area contributed by atoms with Crippen LogP contribution in [-0.2, 0) is 20.9 Å². The van der Waals surface area contributed by atoms with E-state index in [4.69, 9.17) is 10.5 Å². The van der Waals surface area contributed by atoms with Crippen LogP contribution in [0.2, 0.25) is 0 Å². The number of nitrogens with two attached hydrogens (primary N) is 1. The minimum atomic E-state index is -0.901. The molecule has 0 aliphatic carbocycles. The third kappa shape index (κ3) is 9.41. The molecule has 0 saturated carbocycles. The molecule has 3 amide bonds. The van der Waals surface area contributed by atoms with Gasteiger partial charge in [-0.15, -0.1) is 0 Å². The summed E-state index contributed by atoms with van der Waals surface area (Å²) in [5.41, 5.74) is 7.04. The molecule has 40 heavy (non-hydrogen) atoms. The smallest absolute Gasteiger partial charge is 0.407 e. The van der Waals surface area contributed by atoms with Crippen LogP contribution in [0.3, 0.4) is 0 Å². The summed E-state index contributed by atoms with van der Waals surface area (Å²) in [6, 6.07) is 22.1. The van der Waals surface area contributed by atoms with E-state index >= 15 is 0 Å². The number of nitrogens with one attached hydrogen (secondary N) is 3. The lowest BCUT2D eigenvalue weighted by molar-refractivity contribution is -0.129. The molecule has 0 aliphatic rings. The van der Waals surface area contributed by atoms with E-state index < -0.39 is 35.4 Å². The van der Waals surface area contributed by atoms with Crippen molar-refractivity contribution in [1.82, 2.24) is 16.0 Å². The maximum Gasteiger partial charge on any atom is 0.407 e. The highest BCUT2D eigenvalue weighted by molar-refractivity contribution is 5.92. The van der Waals surface area contributed by atoms with E-state index in [1.807, 2.05) is 60.7 Å². The molecule has 0 aliphatic heterocycles. The minimum absolute atomic E-state index is 0.0190. The molecule has 0 radical (unpaired) electrons. The summed E-state index contributed by atoms with van der Waals surface area (Å²) in [6.45, 7) is 5.61. The number of hydrogen-bond acceptors (Lipinski definition) is 5. The Morgan fingerprint density at radius 2 is 1.48 bits per heavy atom. The number of anilines is 1. The lowest BCUT2D eigenvalue weighted by atomic mass is 9.90. The molecular weight excluding hydrogens is 511 g/mol. The van der Waals surface area contributed by atoms with Crippen LogP contribution in [0.1, 0.15) is 56.2 Å². The molecule has 9 heteroatoms. The van der Waals surface area contributed by atoms with Crippen molar-refractivity contribution < 1.29 is 23.5 Å². The van der Waals surface area contributed by atoms with Gasteiger partial charge in [0.2, 0.25) is 11.8 Å². The van der Waals surface area contributed by atoms with E-state index in [1.54, 1.807) is 26.8 Å². The highest BCUT2D eigenvalue weighted by Gasteiger charge is 2.28. The topological polar surface area (TPSA) is 123 Å². The quantitative estimate of drug-likeness (QED) is 0.205. The van der Waals surface area contributed by atoms with Gasteiger partial charge in [0.05, 0.1) is 11.6 Å². The van der Waals surface area contributed by atoms with Crippen molar-refractivity contribution in [1.29, 1.82) is 0 Å². The fourth-order valence-electron chi connectivity index (χ4n) is 4.11. The molecule has 0 heterocycles. The van der Waals surface area contributed by atoms with Crippen LogP contribution in [0.25, 0.3) is 0 Å². The number of benzene rings is 3. The fourth-order valence-corrected chi connectivity index (χ4v) is 4.11. The van der Waals surface area contributed by atoms with Gasteiger partial charge in [0, 0.05) is 13.1 Å². The Kier molecular flexibility index (Phi) is 10.6. The van der Waals surface area contributed by atoms with Crippen LogP contribution in [0, 0.1) is 5.82 Å². The number of halogens is 1. The summed E-state index contributed by atoms with van der Waals surface area (Å²) in [5, 5.41) is 8.36. The summed E-state index contributed by atoms with van der Waals surface area (Å²) < 4.78 is 19.1. The predicted octanol–water partition coefficient (Wildman–Crippen LogP) is 4.65. The number of amides is 3. The number of nitrogen functional groups attached to an aromatic ring is 1. The number of ether oxygens (including phenoxy) is 1. The molecule has 3 aromatic rings. The average Bonchev–Trinajstić information content (AvgIpc) is 2.91. The van der Waals surface area contributed by atoms with Crippen LogP contribution in [0.15, 0.2) is 78.9 Å². The van der Waals surface area contributed by atoms with Crippen LogP contribution in [0.4, 0.5) is 14.9 Å². The molecule has 0 fully saturated rings. The monoisotopic (exact) mass is 548 g/mol. The van der Waals surface area contributed by atoms with Crippen LogP contribution < -0.4 is 21.7 Å². The van der Waals surface area contributed by atoms with Gasteiger partial charge in [-0.3, -0.25) is 9.59 Å². The zero-order valence-electron chi connectivity index (χ0n) is 23.1. The van der Waals surface area contributed by atoms with E-state index in [-0.39, 0.29) is 31.1 Å². The SMILES string of the molecule is CC(C)(C)OC(=O)NCCCC(NC(=O)C(c1ccccc1)c1ccccc1)C(=O)NCc1ccc(N)c(F)c1. The first-order valence-electron chi connectivity index (χ1n) is 13.2. The van der Waals surface area contributed by atoms with E-state index in [1.165, 1.54) is 12.1 Å². The molecule has 3 aromatic carbocycles. The standard InChI is InChI=1S/C31H37FN4O4/c1-31(2,3)40-30(39)34-18-10-15-26(28(37)35-20-21-16-17-25(33)24(32)19-21)36-29(38)27(22-11-6-4-7-12-22)23-13-8-5-9-14-23/h4-9,11-14,16-17,19,26-27H,10,15,18,20,33H2,1-3H3,(H,34,39)(H,35,37)(H,36,38). The maximum atomic E-state index is 13.9. The van der Waals surface area contributed by atoms with Crippen LogP contribution in [0.5, 0.6) is 0 Å². The molecule has 0 spiro atoms. The van der Waals surface area contributed by atoms with Crippen molar-refractivity contribution in [3.63, 3.8) is 0 Å². The second-order valence-electron chi connectivity index (χ2n) is 10.5. The van der Waals surface area contributed by atoms with Gasteiger partial charge in [0.25, 0.3) is 0 Å². The lowest BCUT2D eigenvalue weighted by Crippen LogP contribution is -2.48. The second-order valence-corrected chi connectivity index (χ2v) is 10.5. The first-order chi connectivity index (χ1) is 19.0. The molecule has 0 bridgehead atoms. The number of hydrogen-bond donors (Lipinski definition) is 4. The average molecular weight is 549 g/mol. The molecular formula is C31H37FN4O4. The number of carbonyl (C=O) groups excluding carboxylic acids is 3. The summed E-state index contributed by atoms with van der Waals surface area (Å²) in [4.78, 5) is 38.9. The second kappa shape index (κ2) is 14.1. The number of alkyl carbamates (subject to hydrolysis) is 1. The Bertz CT molecular complexity index is 1240. The van der Waals surface area contributed by atoms with Crippen molar-refractivity contribution in [2.24, 2.45) is 0 Å². The van der Waals surface area contributed by atoms with E-state index in [2.05, 4.69) is 16.0 Å². The van der Waals surface area contributed by atoms with E-state index in [0.717, 1.165) is 11.1 Å². The van der Waals surface area contributed by atoms with Crippen molar-refractivity contribution in [3.8, 4) is 0 Å². The summed E-state index contributed by atoms with van der Waals surface area (Å²) in [5.74, 6) is -1.97. The minimum Gasteiger partial charge on any atom is -0.444 e. The molecule has 0 saturated heterocycles. The summed E-state index contributed by atoms with van der Waals surface area (Å²) >= 11 is 0. The van der Waals surface area contributed by atoms with E-state index in [9.17, 15) is 18.8 Å². The lowest BCUT2D eigenvalue weighted by Gasteiger charge is -2.23. The molecule has 1 unspecified atom stereocenters. The summed E-state index contributed by atoms with van der Waals surface area (Å²) in [7, 11) is 0. The normalized spacial score (nSPS) is 11.9. The molecule has 8 nitrogen and oxygen atoms in total. The largest absolute Gasteiger partial charge is 0.444 e. The van der Waals surface area contributed by atoms with Gasteiger partial charge < -0.3 is 26.4 Å². The molecule has 1 atom stereocenters. The molecule has 5 N–H and O–H groups in total. The van der Waals surface area contributed by atoms with Gasteiger partial charge in [-0.1, -0.05) is 66.7 Å². The maximum absolute atomic E-state index is 13.9. The van der Waals surface area contributed by atoms with Gasteiger partial charge in [-0.2, -0.15) is 0 Å². The Morgan fingerprint density at radius 1 is 0.875 bits per heavy atom. The Balaban J connectivity index is 1.73. The first kappa shape index (κ1) is 30.1. The van der Waals surface area contributed by atoms with Gasteiger partial charge in [-0.25, -0.2) is 9.18 Å². The van der Waals surface area contributed by atoms with Crippen molar-refractivity contribution >= 4 is 23.6 Å². The summed E-state index contributed by atoms with van der Waals surface area (Å²) in [6.07, 6.45) is 0.0889. The zero-order valence-corrected chi connectivity index (χ0v) is 23.1. The number of rotatable bonds is 11. The highest BCUT2D eigenvalue weighted by atomic mass is 19.1. The molecule has 0 aromatic heterocycles. The third-order valence-electron chi connectivity index (χ3n) is 6.03. The van der Waals surface area contributed by atoms with Crippen molar-refractivity contribution in [2.45, 2.75) is 57.7 Å². The van der Waals surface area contributed by atoms with Crippen LogP contribution in [-0.4, -0.2) is 36.1 Å². The third-order valence-corrected chi connectivity index (χ3v) is 6.03. The van der Waals surface area contributed by atoms with Gasteiger partial charge in [0.1, 0.15) is 17.5 Å². The fraction of sp³-hybridized carbons (Fsp3) is 0.323. The Labute approximate surface area is 234 Å². The predicted molar refractivity (Wildman–Crippen MR) is 153 cm³/mol. The Morgan fingerprint density at radius 3 is 2.02 bits per heavy atom. The number of carbonyl (C=O) groups is 3. The molecule has 212 valence electrons. The Hall–Kier alpha value is -4.40. The molecule has 3 rings (SSSR count).